The summed E-state index contributed by atoms with van der Waals surface area (Å²) >= 11 is 0. The Labute approximate surface area is 159 Å². The Balaban J connectivity index is 1.53. The molecule has 2 N–H and O–H groups in total. The summed E-state index contributed by atoms with van der Waals surface area (Å²) in [6.07, 6.45) is 4.52. The summed E-state index contributed by atoms with van der Waals surface area (Å²) in [6.45, 7) is 2.03. The third-order valence-electron chi connectivity index (χ3n) is 4.67. The summed E-state index contributed by atoms with van der Waals surface area (Å²) in [5.74, 6) is 0.722. The molecule has 27 heavy (non-hydrogen) atoms. The molecule has 146 valence electrons. The number of nitrogens with zero attached hydrogens (tertiary/aromatic N) is 4. The average molecular weight is 391 g/mol. The first-order valence-corrected chi connectivity index (χ1v) is 10.6. The number of hydrogen-bond acceptors (Lipinski definition) is 7. The van der Waals surface area contributed by atoms with Gasteiger partial charge >= 0.3 is 0 Å². The second-order valence-electron chi connectivity index (χ2n) is 6.54. The van der Waals surface area contributed by atoms with Gasteiger partial charge in [-0.3, -0.25) is 4.98 Å². The molecule has 8 nitrogen and oxygen atoms in total. The van der Waals surface area contributed by atoms with Crippen molar-refractivity contribution in [2.45, 2.75) is 18.9 Å². The van der Waals surface area contributed by atoms with Crippen LogP contribution in [0.25, 0.3) is 0 Å². The first-order chi connectivity index (χ1) is 13.1. The van der Waals surface area contributed by atoms with Crippen LogP contribution >= 0.6 is 0 Å². The molecule has 1 atom stereocenters. The van der Waals surface area contributed by atoms with Crippen LogP contribution < -0.4 is 10.4 Å². The number of rotatable bonds is 8. The third-order valence-corrected chi connectivity index (χ3v) is 6.65. The molecule has 0 aromatic carbocycles. The van der Waals surface area contributed by atoms with E-state index in [1.165, 1.54) is 4.31 Å². The van der Waals surface area contributed by atoms with Crippen LogP contribution in [0, 0.1) is 0 Å². The predicted octanol–water partition coefficient (Wildman–Crippen LogP) is 0.909. The Bertz CT molecular complexity index is 796. The number of hydrogen-bond donors (Lipinski definition) is 2. The summed E-state index contributed by atoms with van der Waals surface area (Å²) in [5, 5.41) is 9.39. The predicted molar refractivity (Wildman–Crippen MR) is 103 cm³/mol. The van der Waals surface area contributed by atoms with Gasteiger partial charge in [0.05, 0.1) is 5.75 Å². The summed E-state index contributed by atoms with van der Waals surface area (Å²) in [7, 11) is -3.46. The van der Waals surface area contributed by atoms with Gasteiger partial charge in [-0.1, -0.05) is 12.1 Å². The van der Waals surface area contributed by atoms with Crippen molar-refractivity contribution in [1.82, 2.24) is 19.8 Å². The van der Waals surface area contributed by atoms with E-state index in [9.17, 15) is 13.6 Å². The van der Waals surface area contributed by atoms with Crippen molar-refractivity contribution in [3.63, 3.8) is 0 Å². The summed E-state index contributed by atoms with van der Waals surface area (Å²) in [5.41, 5.74) is 3.02. The normalized spacial score (nSPS) is 17.0. The van der Waals surface area contributed by atoms with Gasteiger partial charge in [-0.25, -0.2) is 18.9 Å². The van der Waals surface area contributed by atoms with E-state index in [2.05, 4.69) is 20.3 Å². The number of anilines is 1. The highest BCUT2D eigenvalue weighted by atomic mass is 32.2. The van der Waals surface area contributed by atoms with E-state index < -0.39 is 16.1 Å². The molecule has 0 aliphatic carbocycles. The van der Waals surface area contributed by atoms with Crippen molar-refractivity contribution in [1.29, 1.82) is 0 Å². The van der Waals surface area contributed by atoms with Crippen LogP contribution in [0.2, 0.25) is 0 Å². The zero-order valence-electron chi connectivity index (χ0n) is 15.1. The van der Waals surface area contributed by atoms with Crippen LogP contribution in [0.15, 0.2) is 48.8 Å². The maximum atomic E-state index is 12.7. The lowest BCUT2D eigenvalue weighted by Crippen LogP contribution is -2.51. The number of nitrogens with one attached hydrogen (secondary N) is 1. The van der Waals surface area contributed by atoms with Crippen molar-refractivity contribution in [2.75, 3.05) is 36.8 Å². The zero-order valence-corrected chi connectivity index (χ0v) is 15.9. The Morgan fingerprint density at radius 2 is 1.74 bits per heavy atom. The van der Waals surface area contributed by atoms with Crippen LogP contribution in [0.5, 0.6) is 0 Å². The van der Waals surface area contributed by atoms with E-state index >= 15 is 0 Å². The van der Waals surface area contributed by atoms with Gasteiger partial charge in [0.1, 0.15) is 5.82 Å². The van der Waals surface area contributed by atoms with Crippen molar-refractivity contribution >= 4 is 15.8 Å². The van der Waals surface area contributed by atoms with Gasteiger partial charge in [0.25, 0.3) is 0 Å². The van der Waals surface area contributed by atoms with Gasteiger partial charge in [-0.05, 0) is 37.1 Å². The highest BCUT2D eigenvalue weighted by Gasteiger charge is 2.29. The van der Waals surface area contributed by atoms with Crippen LogP contribution in [-0.2, 0) is 16.4 Å². The molecule has 0 bridgehead atoms. The molecule has 0 spiro atoms. The van der Waals surface area contributed by atoms with Crippen molar-refractivity contribution in [2.24, 2.45) is 0 Å². The van der Waals surface area contributed by atoms with Crippen LogP contribution in [-0.4, -0.2) is 65.9 Å². The van der Waals surface area contributed by atoms with Gasteiger partial charge in [-0.2, -0.15) is 4.31 Å². The largest absolute Gasteiger partial charge is 0.354 e. The van der Waals surface area contributed by atoms with Crippen molar-refractivity contribution < 1.29 is 13.6 Å². The summed E-state index contributed by atoms with van der Waals surface area (Å²) in [4.78, 5) is 10.6. The molecule has 0 radical (unpaired) electrons. The lowest BCUT2D eigenvalue weighted by Gasteiger charge is -2.35. The lowest BCUT2D eigenvalue weighted by molar-refractivity contribution is 0.129. The van der Waals surface area contributed by atoms with Crippen molar-refractivity contribution in [3.8, 4) is 0 Å². The summed E-state index contributed by atoms with van der Waals surface area (Å²) < 4.78 is 27.0. The topological polar surface area (TPSA) is 98.7 Å². The number of piperazine rings is 1. The zero-order chi connectivity index (χ0) is 19.1. The minimum absolute atomic E-state index is 0.139. The van der Waals surface area contributed by atoms with Gasteiger partial charge in [0.15, 0.2) is 0 Å². The number of aryl methyl sites for hydroxylation is 1. The van der Waals surface area contributed by atoms with Gasteiger partial charge in [0.2, 0.25) is 10.0 Å². The average Bonchev–Trinajstić information content (AvgIpc) is 2.72. The first-order valence-electron chi connectivity index (χ1n) is 9.02. The van der Waals surface area contributed by atoms with E-state index in [-0.39, 0.29) is 5.75 Å². The van der Waals surface area contributed by atoms with E-state index in [4.69, 9.17) is 0 Å². The molecule has 3 heterocycles. The molecule has 9 heteroatoms. The van der Waals surface area contributed by atoms with Crippen LogP contribution in [0.1, 0.15) is 12.1 Å². The lowest BCUT2D eigenvalue weighted by atomic mass is 10.1. The second kappa shape index (κ2) is 9.23. The monoisotopic (exact) mass is 391 g/mol. The minimum Gasteiger partial charge on any atom is -0.354 e. The Morgan fingerprint density at radius 1 is 1.04 bits per heavy atom. The van der Waals surface area contributed by atoms with E-state index in [0.717, 1.165) is 11.5 Å². The van der Waals surface area contributed by atoms with Crippen LogP contribution in [0.3, 0.4) is 0 Å². The molecule has 1 aliphatic heterocycles. The van der Waals surface area contributed by atoms with E-state index in [1.54, 1.807) is 12.4 Å². The van der Waals surface area contributed by atoms with Gasteiger partial charge in [-0.15, -0.1) is 0 Å². The fraction of sp³-hybridized carbons (Fsp3) is 0.444. The maximum absolute atomic E-state index is 12.7. The number of hydroxylamine groups is 1. The Hall–Kier alpha value is -2.07. The number of sulfonamides is 1. The van der Waals surface area contributed by atoms with Crippen molar-refractivity contribution in [3.05, 3.63) is 54.5 Å². The maximum Gasteiger partial charge on any atom is 0.215 e. The number of pyridine rings is 2. The Morgan fingerprint density at radius 3 is 2.33 bits per heavy atom. The number of aromatic nitrogens is 2. The third kappa shape index (κ3) is 5.46. The fourth-order valence-electron chi connectivity index (χ4n) is 3.15. The minimum atomic E-state index is -3.46. The summed E-state index contributed by atoms with van der Waals surface area (Å²) in [6, 6.07) is 10.8. The highest BCUT2D eigenvalue weighted by Crippen LogP contribution is 2.16. The molecule has 0 amide bonds. The molecule has 1 aliphatic rings. The van der Waals surface area contributed by atoms with Gasteiger partial charge in [0, 0.05) is 50.3 Å². The fourth-order valence-corrected chi connectivity index (χ4v) is 4.83. The SMILES string of the molecule is O=S(=O)(CC(CCc1ccccn1)NO)N1CCN(c2ccccn2)CC1. The molecule has 1 saturated heterocycles. The first kappa shape index (κ1) is 19.7. The van der Waals surface area contributed by atoms with E-state index in [0.29, 0.717) is 39.0 Å². The highest BCUT2D eigenvalue weighted by molar-refractivity contribution is 7.89. The second-order valence-corrected chi connectivity index (χ2v) is 8.55. The standard InChI is InChI=1S/C18H25N5O3S/c24-21-17(8-7-16-5-1-3-9-19-16)15-27(25,26)23-13-11-22(12-14-23)18-6-2-4-10-20-18/h1-6,9-10,17,21,24H,7-8,11-15H2. The quantitative estimate of drug-likeness (QED) is 0.645. The molecular weight excluding hydrogens is 366 g/mol. The molecule has 2 aromatic heterocycles. The molecular formula is C18H25N5O3S. The molecule has 0 saturated carbocycles. The Kier molecular flexibility index (Phi) is 6.73. The van der Waals surface area contributed by atoms with Gasteiger partial charge < -0.3 is 10.1 Å². The smallest absolute Gasteiger partial charge is 0.215 e. The van der Waals surface area contributed by atoms with E-state index in [1.807, 2.05) is 36.4 Å². The molecule has 1 fully saturated rings. The molecule has 3 rings (SSSR count). The molecule has 1 unspecified atom stereocenters. The molecule has 2 aromatic rings. The van der Waals surface area contributed by atoms with Crippen LogP contribution in [0.4, 0.5) is 5.82 Å².